The van der Waals surface area contributed by atoms with Crippen LogP contribution in [0.25, 0.3) is 0 Å². The van der Waals surface area contributed by atoms with Crippen LogP contribution in [0.15, 0.2) is 47.7 Å². The van der Waals surface area contributed by atoms with Gasteiger partial charge in [0, 0.05) is 17.7 Å². The van der Waals surface area contributed by atoms with Crippen molar-refractivity contribution >= 4 is 40.9 Å². The number of esters is 1. The quantitative estimate of drug-likeness (QED) is 0.454. The number of aromatic carboxylic acids is 1. The van der Waals surface area contributed by atoms with Gasteiger partial charge < -0.3 is 19.9 Å². The van der Waals surface area contributed by atoms with Crippen LogP contribution in [0.2, 0.25) is 4.34 Å². The smallest absolute Gasteiger partial charge is 0.338 e. The largest absolute Gasteiger partial charge is 0.478 e. The summed E-state index contributed by atoms with van der Waals surface area (Å²) < 4.78 is 10.8. The Labute approximate surface area is 188 Å². The number of benzene rings is 1. The number of carbonyl (C=O) groups is 3. The van der Waals surface area contributed by atoms with Gasteiger partial charge in [0.15, 0.2) is 0 Å². The topological polar surface area (TPSA) is 105 Å². The van der Waals surface area contributed by atoms with E-state index < -0.39 is 18.0 Å². The first-order chi connectivity index (χ1) is 14.8. The lowest BCUT2D eigenvalue weighted by molar-refractivity contribution is -0.140. The van der Waals surface area contributed by atoms with Crippen molar-refractivity contribution in [1.29, 1.82) is 0 Å². The van der Waals surface area contributed by atoms with Gasteiger partial charge in [0.1, 0.15) is 6.61 Å². The van der Waals surface area contributed by atoms with Crippen molar-refractivity contribution in [3.05, 3.63) is 68.0 Å². The molecule has 31 heavy (non-hydrogen) atoms. The molecule has 0 spiro atoms. The van der Waals surface area contributed by atoms with Crippen LogP contribution in [0, 0.1) is 0 Å². The number of halogens is 1. The Morgan fingerprint density at radius 2 is 1.90 bits per heavy atom. The standard InChI is InChI=1S/C21H21ClN2O6S/c1-12-17(20(27)30-10-9-29-2)18(15-7-8-16(22)31-15)23-21(28)24(12)11-13-3-5-14(6-4-13)19(25)26/h3-8,18H,9-11H2,1-2H3,(H,23,28)(H,25,26). The monoisotopic (exact) mass is 464 g/mol. The highest BCUT2D eigenvalue weighted by molar-refractivity contribution is 7.16. The summed E-state index contributed by atoms with van der Waals surface area (Å²) in [6.07, 6.45) is 0. The fourth-order valence-electron chi connectivity index (χ4n) is 3.16. The number of thiophene rings is 1. The van der Waals surface area contributed by atoms with Gasteiger partial charge in [-0.25, -0.2) is 14.4 Å². The number of carbonyl (C=O) groups excluding carboxylic acids is 2. The number of hydrogen-bond acceptors (Lipinski definition) is 6. The molecule has 1 aliphatic rings. The maximum atomic E-state index is 12.9. The fraction of sp³-hybridized carbons (Fsp3) is 0.286. The van der Waals surface area contributed by atoms with Gasteiger partial charge in [-0.15, -0.1) is 11.3 Å². The van der Waals surface area contributed by atoms with E-state index in [4.69, 9.17) is 26.2 Å². The van der Waals surface area contributed by atoms with E-state index in [0.717, 1.165) is 0 Å². The zero-order chi connectivity index (χ0) is 22.5. The average molecular weight is 465 g/mol. The molecule has 0 aliphatic carbocycles. The highest BCUT2D eigenvalue weighted by atomic mass is 35.5. The zero-order valence-electron chi connectivity index (χ0n) is 16.9. The lowest BCUT2D eigenvalue weighted by atomic mass is 10.00. The molecule has 1 aromatic heterocycles. The van der Waals surface area contributed by atoms with Crippen LogP contribution in [0.1, 0.15) is 33.8 Å². The first kappa shape index (κ1) is 22.8. The number of allylic oxidation sites excluding steroid dienone is 1. The molecular formula is C21H21ClN2O6S. The van der Waals surface area contributed by atoms with Gasteiger partial charge in [-0.05, 0) is 36.8 Å². The predicted octanol–water partition coefficient (Wildman–Crippen LogP) is 3.83. The van der Waals surface area contributed by atoms with E-state index in [1.54, 1.807) is 31.2 Å². The molecule has 3 rings (SSSR count). The molecule has 1 atom stereocenters. The Hall–Kier alpha value is -2.88. The van der Waals surface area contributed by atoms with E-state index in [-0.39, 0.29) is 31.4 Å². The molecule has 164 valence electrons. The van der Waals surface area contributed by atoms with Crippen LogP contribution in [-0.4, -0.2) is 48.3 Å². The Balaban J connectivity index is 1.93. The maximum absolute atomic E-state index is 12.9. The van der Waals surface area contributed by atoms with Crippen molar-refractivity contribution in [2.75, 3.05) is 20.3 Å². The normalized spacial score (nSPS) is 16.3. The van der Waals surface area contributed by atoms with Crippen LogP contribution >= 0.6 is 22.9 Å². The second kappa shape index (κ2) is 9.95. The molecule has 10 heteroatoms. The first-order valence-electron chi connectivity index (χ1n) is 9.34. The van der Waals surface area contributed by atoms with Crippen LogP contribution in [0.4, 0.5) is 4.79 Å². The molecular weight excluding hydrogens is 444 g/mol. The third-order valence-corrected chi connectivity index (χ3v) is 6.05. The highest BCUT2D eigenvalue weighted by Gasteiger charge is 2.37. The lowest BCUT2D eigenvalue weighted by Crippen LogP contribution is -2.47. The third kappa shape index (κ3) is 5.25. The molecule has 2 heterocycles. The molecule has 0 radical (unpaired) electrons. The first-order valence-corrected chi connectivity index (χ1v) is 10.5. The molecule has 0 saturated heterocycles. The summed E-state index contributed by atoms with van der Waals surface area (Å²) in [5.41, 5.74) is 1.61. The number of amides is 2. The van der Waals surface area contributed by atoms with E-state index >= 15 is 0 Å². The van der Waals surface area contributed by atoms with Crippen molar-refractivity contribution in [1.82, 2.24) is 10.2 Å². The average Bonchev–Trinajstić information content (AvgIpc) is 3.17. The molecule has 1 unspecified atom stereocenters. The van der Waals surface area contributed by atoms with Crippen molar-refractivity contribution in [2.24, 2.45) is 0 Å². The van der Waals surface area contributed by atoms with Gasteiger partial charge in [-0.3, -0.25) is 4.90 Å². The summed E-state index contributed by atoms with van der Waals surface area (Å²) >= 11 is 7.33. The Morgan fingerprint density at radius 3 is 2.48 bits per heavy atom. The van der Waals surface area contributed by atoms with Gasteiger partial charge in [-0.2, -0.15) is 0 Å². The number of nitrogens with zero attached hydrogens (tertiary/aromatic N) is 1. The van der Waals surface area contributed by atoms with Crippen molar-refractivity contribution < 1.29 is 29.0 Å². The summed E-state index contributed by atoms with van der Waals surface area (Å²) in [5.74, 6) is -1.59. The lowest BCUT2D eigenvalue weighted by Gasteiger charge is -2.35. The molecule has 1 aromatic carbocycles. The van der Waals surface area contributed by atoms with Gasteiger partial charge >= 0.3 is 18.0 Å². The SMILES string of the molecule is COCCOC(=O)C1=C(C)N(Cc2ccc(C(=O)O)cc2)C(=O)NC1c1ccc(Cl)s1. The van der Waals surface area contributed by atoms with E-state index in [9.17, 15) is 14.4 Å². The van der Waals surface area contributed by atoms with Gasteiger partial charge in [0.25, 0.3) is 0 Å². The molecule has 2 N–H and O–H groups in total. The molecule has 1 aliphatic heterocycles. The number of nitrogens with one attached hydrogen (secondary N) is 1. The second-order valence-corrected chi connectivity index (χ2v) is 8.49. The third-order valence-electron chi connectivity index (χ3n) is 4.76. The summed E-state index contributed by atoms with van der Waals surface area (Å²) in [6.45, 7) is 2.16. The number of ether oxygens (including phenoxy) is 2. The predicted molar refractivity (Wildman–Crippen MR) is 115 cm³/mol. The zero-order valence-corrected chi connectivity index (χ0v) is 18.5. The second-order valence-electron chi connectivity index (χ2n) is 6.74. The number of rotatable bonds is 8. The minimum absolute atomic E-state index is 0.0780. The number of carboxylic acids is 1. The summed E-state index contributed by atoms with van der Waals surface area (Å²) in [7, 11) is 1.51. The number of hydrogen-bond donors (Lipinski definition) is 2. The number of methoxy groups -OCH3 is 1. The van der Waals surface area contributed by atoms with Crippen LogP contribution in [0.5, 0.6) is 0 Å². The summed E-state index contributed by atoms with van der Waals surface area (Å²) in [4.78, 5) is 39.0. The molecule has 0 bridgehead atoms. The molecule has 8 nitrogen and oxygen atoms in total. The fourth-order valence-corrected chi connectivity index (χ4v) is 4.29. The van der Waals surface area contributed by atoms with E-state index in [2.05, 4.69) is 5.32 Å². The van der Waals surface area contributed by atoms with E-state index in [1.165, 1.54) is 35.5 Å². The maximum Gasteiger partial charge on any atom is 0.338 e. The van der Waals surface area contributed by atoms with Crippen molar-refractivity contribution in [3.8, 4) is 0 Å². The summed E-state index contributed by atoms with van der Waals surface area (Å²) in [5, 5.41) is 11.9. The van der Waals surface area contributed by atoms with Gasteiger partial charge in [0.05, 0.1) is 34.7 Å². The van der Waals surface area contributed by atoms with Gasteiger partial charge in [0.2, 0.25) is 0 Å². The number of urea groups is 1. The highest BCUT2D eigenvalue weighted by Crippen LogP contribution is 2.36. The van der Waals surface area contributed by atoms with Crippen molar-refractivity contribution in [3.63, 3.8) is 0 Å². The Morgan fingerprint density at radius 1 is 1.19 bits per heavy atom. The van der Waals surface area contributed by atoms with Crippen LogP contribution in [-0.2, 0) is 20.8 Å². The molecule has 0 saturated carbocycles. The van der Waals surface area contributed by atoms with Crippen LogP contribution in [0.3, 0.4) is 0 Å². The van der Waals surface area contributed by atoms with E-state index in [0.29, 0.717) is 26.0 Å². The molecule has 2 amide bonds. The minimum atomic E-state index is -1.03. The van der Waals surface area contributed by atoms with Crippen molar-refractivity contribution in [2.45, 2.75) is 19.5 Å². The Kier molecular flexibility index (Phi) is 7.32. The van der Waals surface area contributed by atoms with Crippen LogP contribution < -0.4 is 5.32 Å². The van der Waals surface area contributed by atoms with Gasteiger partial charge in [-0.1, -0.05) is 23.7 Å². The van der Waals surface area contributed by atoms with E-state index in [1.807, 2.05) is 0 Å². The molecule has 0 fully saturated rings. The summed E-state index contributed by atoms with van der Waals surface area (Å²) in [6, 6.07) is 8.58. The molecule has 2 aromatic rings. The minimum Gasteiger partial charge on any atom is -0.478 e. The number of carboxylic acid groups (broad SMARTS) is 1. The Bertz CT molecular complexity index is 1020.